The molecule has 0 heterocycles. The summed E-state index contributed by atoms with van der Waals surface area (Å²) in [7, 11) is 0. The van der Waals surface area contributed by atoms with Crippen LogP contribution in [-0.2, 0) is 21.5 Å². The zero-order chi connectivity index (χ0) is 24.8. The largest absolute Gasteiger partial charge is 0.483 e. The molecular weight excluding hydrogens is 459 g/mol. The van der Waals surface area contributed by atoms with Crippen molar-refractivity contribution < 1.29 is 14.3 Å². The van der Waals surface area contributed by atoms with Gasteiger partial charge in [0.25, 0.3) is 5.91 Å². The van der Waals surface area contributed by atoms with E-state index in [-0.39, 0.29) is 36.4 Å². The molecule has 0 radical (unpaired) electrons. The van der Waals surface area contributed by atoms with E-state index in [0.29, 0.717) is 15.8 Å². The first kappa shape index (κ1) is 27.0. The number of hydrogen-bond acceptors (Lipinski definition) is 3. The second kappa shape index (κ2) is 11.8. The van der Waals surface area contributed by atoms with E-state index in [1.54, 1.807) is 25.1 Å². The smallest absolute Gasteiger partial charge is 0.261 e. The van der Waals surface area contributed by atoms with Crippen molar-refractivity contribution in [2.45, 2.75) is 72.0 Å². The third-order valence-corrected chi connectivity index (χ3v) is 6.29. The van der Waals surface area contributed by atoms with Crippen molar-refractivity contribution in [3.05, 3.63) is 63.6 Å². The molecule has 5 nitrogen and oxygen atoms in total. The molecule has 180 valence electrons. The minimum absolute atomic E-state index is 0.0109. The standard InChI is InChI=1S/C26H34Cl2N2O3/c1-7-17(2)29-25(32)18(3)30(15-19-12-13-21(27)22(28)14-19)24(31)16-33-23-11-9-8-10-20(23)26(4,5)6/h8-14,17-18H,7,15-16H2,1-6H3,(H,29,32). The average molecular weight is 493 g/mol. The Morgan fingerprint density at radius 2 is 1.73 bits per heavy atom. The fourth-order valence-electron chi connectivity index (χ4n) is 3.32. The molecule has 0 saturated carbocycles. The van der Waals surface area contributed by atoms with E-state index in [1.165, 1.54) is 4.90 Å². The quantitative estimate of drug-likeness (QED) is 0.466. The monoisotopic (exact) mass is 492 g/mol. The van der Waals surface area contributed by atoms with Gasteiger partial charge in [-0.3, -0.25) is 9.59 Å². The van der Waals surface area contributed by atoms with Crippen LogP contribution in [0.3, 0.4) is 0 Å². The number of carbonyl (C=O) groups is 2. The Labute approximate surface area is 207 Å². The van der Waals surface area contributed by atoms with Gasteiger partial charge in [0.05, 0.1) is 10.0 Å². The third kappa shape index (κ3) is 7.65. The summed E-state index contributed by atoms with van der Waals surface area (Å²) in [5.41, 5.74) is 1.65. The van der Waals surface area contributed by atoms with Crippen LogP contribution in [0.2, 0.25) is 10.0 Å². The molecule has 2 atom stereocenters. The zero-order valence-corrected chi connectivity index (χ0v) is 21.8. The Bertz CT molecular complexity index is 972. The lowest BCUT2D eigenvalue weighted by molar-refractivity contribution is -0.142. The van der Waals surface area contributed by atoms with Crippen molar-refractivity contribution in [2.75, 3.05) is 6.61 Å². The lowest BCUT2D eigenvalue weighted by Crippen LogP contribution is -2.50. The Morgan fingerprint density at radius 1 is 1.06 bits per heavy atom. The van der Waals surface area contributed by atoms with E-state index in [9.17, 15) is 9.59 Å². The molecule has 0 saturated heterocycles. The molecule has 1 N–H and O–H groups in total. The highest BCUT2D eigenvalue weighted by Crippen LogP contribution is 2.31. The fourth-order valence-corrected chi connectivity index (χ4v) is 3.64. The summed E-state index contributed by atoms with van der Waals surface area (Å²) in [6, 6.07) is 12.2. The molecule has 0 aromatic heterocycles. The predicted molar refractivity (Wildman–Crippen MR) is 135 cm³/mol. The molecule has 7 heteroatoms. The molecule has 2 aromatic rings. The highest BCUT2D eigenvalue weighted by molar-refractivity contribution is 6.42. The van der Waals surface area contributed by atoms with E-state index in [1.807, 2.05) is 38.1 Å². The number of halogens is 2. The molecule has 0 aliphatic heterocycles. The molecule has 0 spiro atoms. The number of ether oxygens (including phenoxy) is 1. The molecule has 2 rings (SSSR count). The molecule has 0 aliphatic rings. The number of carbonyl (C=O) groups excluding carboxylic acids is 2. The first-order chi connectivity index (χ1) is 15.4. The average Bonchev–Trinajstić information content (AvgIpc) is 2.77. The molecule has 2 aromatic carbocycles. The first-order valence-electron chi connectivity index (χ1n) is 11.2. The van der Waals surface area contributed by atoms with Gasteiger partial charge in [0.15, 0.2) is 6.61 Å². The highest BCUT2D eigenvalue weighted by Gasteiger charge is 2.28. The van der Waals surface area contributed by atoms with Crippen LogP contribution in [0.25, 0.3) is 0 Å². The first-order valence-corrected chi connectivity index (χ1v) is 12.0. The van der Waals surface area contributed by atoms with E-state index < -0.39 is 6.04 Å². The topological polar surface area (TPSA) is 58.6 Å². The number of para-hydroxylation sites is 1. The van der Waals surface area contributed by atoms with Crippen LogP contribution in [-0.4, -0.2) is 35.4 Å². The van der Waals surface area contributed by atoms with Gasteiger partial charge in [0, 0.05) is 12.6 Å². The van der Waals surface area contributed by atoms with Gasteiger partial charge in [-0.15, -0.1) is 0 Å². The van der Waals surface area contributed by atoms with Crippen molar-refractivity contribution in [2.24, 2.45) is 0 Å². The summed E-state index contributed by atoms with van der Waals surface area (Å²) in [6.07, 6.45) is 0.798. The summed E-state index contributed by atoms with van der Waals surface area (Å²) >= 11 is 12.2. The summed E-state index contributed by atoms with van der Waals surface area (Å²) < 4.78 is 5.95. The summed E-state index contributed by atoms with van der Waals surface area (Å²) in [4.78, 5) is 27.6. The maximum atomic E-state index is 13.3. The van der Waals surface area contributed by atoms with Gasteiger partial charge >= 0.3 is 0 Å². The van der Waals surface area contributed by atoms with E-state index in [0.717, 1.165) is 17.5 Å². The van der Waals surface area contributed by atoms with Gasteiger partial charge in [-0.1, -0.05) is 75.2 Å². The Kier molecular flexibility index (Phi) is 9.62. The van der Waals surface area contributed by atoms with Crippen LogP contribution in [0.4, 0.5) is 0 Å². The zero-order valence-electron chi connectivity index (χ0n) is 20.2. The molecule has 2 amide bonds. The maximum absolute atomic E-state index is 13.3. The van der Waals surface area contributed by atoms with Gasteiger partial charge in [0.1, 0.15) is 11.8 Å². The van der Waals surface area contributed by atoms with Crippen molar-refractivity contribution in [1.82, 2.24) is 10.2 Å². The number of amides is 2. The lowest BCUT2D eigenvalue weighted by atomic mass is 9.86. The van der Waals surface area contributed by atoms with Crippen LogP contribution in [0, 0.1) is 0 Å². The molecular formula is C26H34Cl2N2O3. The lowest BCUT2D eigenvalue weighted by Gasteiger charge is -2.30. The van der Waals surface area contributed by atoms with Gasteiger partial charge in [0.2, 0.25) is 5.91 Å². The molecule has 0 fully saturated rings. The van der Waals surface area contributed by atoms with Gasteiger partial charge in [-0.05, 0) is 55.0 Å². The summed E-state index contributed by atoms with van der Waals surface area (Å²) in [5, 5.41) is 3.78. The summed E-state index contributed by atoms with van der Waals surface area (Å²) in [6.45, 7) is 11.9. The predicted octanol–water partition coefficient (Wildman–Crippen LogP) is 6.00. The van der Waals surface area contributed by atoms with Crippen LogP contribution in [0.5, 0.6) is 5.75 Å². The van der Waals surface area contributed by atoms with Crippen molar-refractivity contribution in [1.29, 1.82) is 0 Å². The second-order valence-corrected chi connectivity index (χ2v) is 10.1. The fraction of sp³-hybridized carbons (Fsp3) is 0.462. The van der Waals surface area contributed by atoms with Gasteiger partial charge in [-0.2, -0.15) is 0 Å². The maximum Gasteiger partial charge on any atom is 0.261 e. The van der Waals surface area contributed by atoms with Gasteiger partial charge in [-0.25, -0.2) is 0 Å². The third-order valence-electron chi connectivity index (χ3n) is 5.55. The van der Waals surface area contributed by atoms with Crippen molar-refractivity contribution in [3.8, 4) is 5.75 Å². The van der Waals surface area contributed by atoms with Gasteiger partial charge < -0.3 is 15.0 Å². The van der Waals surface area contributed by atoms with E-state index in [2.05, 4.69) is 26.1 Å². The van der Waals surface area contributed by atoms with Crippen molar-refractivity contribution >= 4 is 35.0 Å². The van der Waals surface area contributed by atoms with Crippen LogP contribution in [0.15, 0.2) is 42.5 Å². The Balaban J connectivity index is 2.25. The Morgan fingerprint density at radius 3 is 2.33 bits per heavy atom. The summed E-state index contributed by atoms with van der Waals surface area (Å²) in [5.74, 6) is 0.147. The molecule has 0 aliphatic carbocycles. The highest BCUT2D eigenvalue weighted by atomic mass is 35.5. The molecule has 33 heavy (non-hydrogen) atoms. The van der Waals surface area contributed by atoms with Crippen molar-refractivity contribution in [3.63, 3.8) is 0 Å². The number of hydrogen-bond donors (Lipinski definition) is 1. The molecule has 2 unspecified atom stereocenters. The van der Waals surface area contributed by atoms with Crippen LogP contribution >= 0.6 is 23.2 Å². The number of benzene rings is 2. The number of rotatable bonds is 9. The molecule has 0 bridgehead atoms. The number of nitrogens with zero attached hydrogens (tertiary/aromatic N) is 1. The minimum Gasteiger partial charge on any atom is -0.483 e. The van der Waals surface area contributed by atoms with E-state index >= 15 is 0 Å². The Hall–Kier alpha value is -2.24. The van der Waals surface area contributed by atoms with Crippen LogP contribution in [0.1, 0.15) is 59.1 Å². The number of nitrogens with one attached hydrogen (secondary N) is 1. The normalized spacial score (nSPS) is 13.2. The van der Waals surface area contributed by atoms with E-state index in [4.69, 9.17) is 27.9 Å². The minimum atomic E-state index is -0.692. The SMILES string of the molecule is CCC(C)NC(=O)C(C)N(Cc1ccc(Cl)c(Cl)c1)C(=O)COc1ccccc1C(C)(C)C. The second-order valence-electron chi connectivity index (χ2n) is 9.30. The van der Waals surface area contributed by atoms with Crippen LogP contribution < -0.4 is 10.1 Å².